The van der Waals surface area contributed by atoms with Crippen LogP contribution in [-0.4, -0.2) is 45.1 Å². The maximum absolute atomic E-state index is 14.7. The molecule has 207 valence electrons. The van der Waals surface area contributed by atoms with Crippen molar-refractivity contribution in [1.82, 2.24) is 19.4 Å². The van der Waals surface area contributed by atoms with Crippen LogP contribution in [0, 0.1) is 27.8 Å². The number of alkyl halides is 2. The fourth-order valence-corrected chi connectivity index (χ4v) is 4.17. The predicted octanol–water partition coefficient (Wildman–Crippen LogP) is 3.83. The number of benzene rings is 2. The number of nitro benzene ring substituents is 1. The van der Waals surface area contributed by atoms with Crippen molar-refractivity contribution in [1.29, 1.82) is 0 Å². The highest BCUT2D eigenvalue weighted by atomic mass is 19.3. The number of H-pyrrole nitrogens is 1. The molecule has 10 nitrogen and oxygen atoms in total. The topological polar surface area (TPSA) is 123 Å². The van der Waals surface area contributed by atoms with Gasteiger partial charge in [0.05, 0.1) is 21.7 Å². The maximum atomic E-state index is 14.7. The minimum Gasteiger partial charge on any atom is -0.417 e. The van der Waals surface area contributed by atoms with E-state index in [0.717, 1.165) is 41.2 Å². The van der Waals surface area contributed by atoms with Gasteiger partial charge in [-0.3, -0.25) is 24.5 Å². The second-order valence-electron chi connectivity index (χ2n) is 8.77. The Hall–Kier alpha value is -4.85. The van der Waals surface area contributed by atoms with Crippen LogP contribution in [0.15, 0.2) is 58.4 Å². The fourth-order valence-electron chi connectivity index (χ4n) is 4.17. The van der Waals surface area contributed by atoms with Gasteiger partial charge >= 0.3 is 12.3 Å². The third-order valence-corrected chi connectivity index (χ3v) is 5.72. The molecule has 0 amide bonds. The van der Waals surface area contributed by atoms with Crippen LogP contribution in [0.2, 0.25) is 0 Å². The Morgan fingerprint density at radius 3 is 2.38 bits per heavy atom. The van der Waals surface area contributed by atoms with E-state index in [1.54, 1.807) is 19.0 Å². The Morgan fingerprint density at radius 2 is 1.82 bits per heavy atom. The Kier molecular flexibility index (Phi) is 8.09. The molecular weight excluding hydrogens is 538 g/mol. The molecule has 0 aliphatic carbocycles. The van der Waals surface area contributed by atoms with Crippen LogP contribution in [0.3, 0.4) is 0 Å². The van der Waals surface area contributed by atoms with Crippen molar-refractivity contribution in [2.75, 3.05) is 14.1 Å². The van der Waals surface area contributed by atoms with Crippen molar-refractivity contribution in [3.05, 3.63) is 114 Å². The number of aromatic amines is 1. The van der Waals surface area contributed by atoms with E-state index in [4.69, 9.17) is 0 Å². The predicted molar refractivity (Wildman–Crippen MR) is 135 cm³/mol. The molecule has 0 aliphatic heterocycles. The van der Waals surface area contributed by atoms with Gasteiger partial charge in [-0.05, 0) is 43.9 Å². The van der Waals surface area contributed by atoms with Crippen LogP contribution >= 0.6 is 0 Å². The smallest absolute Gasteiger partial charge is 0.388 e. The monoisotopic (exact) mass is 558 g/mol. The number of hydrogen-bond acceptors (Lipinski definition) is 7. The molecule has 1 radical (unpaired) electrons. The van der Waals surface area contributed by atoms with Gasteiger partial charge < -0.3 is 9.64 Å². The first kappa shape index (κ1) is 28.2. The largest absolute Gasteiger partial charge is 0.417 e. The van der Waals surface area contributed by atoms with Crippen molar-refractivity contribution in [2.45, 2.75) is 19.6 Å². The first-order valence-electron chi connectivity index (χ1n) is 11.5. The molecule has 0 fully saturated rings. The van der Waals surface area contributed by atoms with Gasteiger partial charge in [0.15, 0.2) is 0 Å². The molecular formula is C26H20F4N5O5. The van der Waals surface area contributed by atoms with Gasteiger partial charge in [0.25, 0.3) is 11.2 Å². The van der Waals surface area contributed by atoms with Crippen LogP contribution in [-0.2, 0) is 13.0 Å². The molecule has 2 heterocycles. The lowest BCUT2D eigenvalue weighted by molar-refractivity contribution is -0.385. The summed E-state index contributed by atoms with van der Waals surface area (Å²) in [4.78, 5) is 43.9. The van der Waals surface area contributed by atoms with Gasteiger partial charge in [-0.2, -0.15) is 8.78 Å². The normalized spacial score (nSPS) is 11.3. The molecule has 0 saturated carbocycles. The first-order valence-corrected chi connectivity index (χ1v) is 11.5. The maximum Gasteiger partial charge on any atom is 0.388 e. The fraction of sp³-hybridized carbons (Fsp3) is 0.192. The molecule has 0 spiro atoms. The highest BCUT2D eigenvalue weighted by molar-refractivity contribution is 5.85. The van der Waals surface area contributed by atoms with Crippen LogP contribution in [0.1, 0.15) is 16.7 Å². The summed E-state index contributed by atoms with van der Waals surface area (Å²) >= 11 is 0. The van der Waals surface area contributed by atoms with Gasteiger partial charge in [-0.1, -0.05) is 6.07 Å². The Balaban J connectivity index is 2.14. The van der Waals surface area contributed by atoms with Crippen molar-refractivity contribution < 1.29 is 27.2 Å². The zero-order valence-corrected chi connectivity index (χ0v) is 21.0. The second-order valence-corrected chi connectivity index (χ2v) is 8.77. The van der Waals surface area contributed by atoms with Crippen molar-refractivity contribution in [3.63, 3.8) is 0 Å². The molecule has 0 atom stereocenters. The van der Waals surface area contributed by atoms with E-state index < -0.39 is 58.0 Å². The van der Waals surface area contributed by atoms with Crippen molar-refractivity contribution >= 4 is 5.69 Å². The standard InChI is InChI=1S/C26H20F4N5O5/c1-33(2)13-16-10-15(11-17-18(27)4-3-5-19(17)28)23(34-9-8-20(36)32-26(34)37)22(24(16)35(38)39)14-6-7-21(31-12-14)40-25(29)30/h3-9,12,25H,11,13H2,1-2H3,(H,32,36,37). The van der Waals surface area contributed by atoms with E-state index in [1.165, 1.54) is 12.1 Å². The lowest BCUT2D eigenvalue weighted by Crippen LogP contribution is -2.29. The number of hydrogen-bond donors (Lipinski definition) is 1. The van der Waals surface area contributed by atoms with Crippen LogP contribution in [0.5, 0.6) is 5.88 Å². The highest BCUT2D eigenvalue weighted by Gasteiger charge is 2.30. The van der Waals surface area contributed by atoms with E-state index >= 15 is 0 Å². The summed E-state index contributed by atoms with van der Waals surface area (Å²) in [5.41, 5.74) is -3.16. The van der Waals surface area contributed by atoms with Gasteiger partial charge in [-0.25, -0.2) is 18.6 Å². The molecule has 4 rings (SSSR count). The number of halogens is 4. The van der Waals surface area contributed by atoms with E-state index in [-0.39, 0.29) is 34.5 Å². The second kappa shape index (κ2) is 11.5. The quantitative estimate of drug-likeness (QED) is 0.188. The number of pyridine rings is 1. The molecule has 2 aromatic heterocycles. The number of rotatable bonds is 9. The van der Waals surface area contributed by atoms with Crippen LogP contribution in [0.4, 0.5) is 23.2 Å². The summed E-state index contributed by atoms with van der Waals surface area (Å²) in [5, 5.41) is 12.5. The zero-order valence-electron chi connectivity index (χ0n) is 21.0. The lowest BCUT2D eigenvalue weighted by Gasteiger charge is -2.21. The Labute approximate surface area is 223 Å². The molecule has 2 aromatic carbocycles. The molecule has 0 saturated heterocycles. The van der Waals surface area contributed by atoms with Gasteiger partial charge in [-0.15, -0.1) is 0 Å². The average Bonchev–Trinajstić information content (AvgIpc) is 2.86. The third kappa shape index (κ3) is 5.91. The number of nitrogens with zero attached hydrogens (tertiary/aromatic N) is 4. The summed E-state index contributed by atoms with van der Waals surface area (Å²) < 4.78 is 60.0. The lowest BCUT2D eigenvalue weighted by atomic mass is 9.91. The highest BCUT2D eigenvalue weighted by Crippen LogP contribution is 2.41. The summed E-state index contributed by atoms with van der Waals surface area (Å²) in [6.45, 7) is -3.22. The van der Waals surface area contributed by atoms with E-state index in [2.05, 4.69) is 15.8 Å². The molecule has 1 N–H and O–H groups in total. The molecule has 0 unspecified atom stereocenters. The molecule has 0 bridgehead atoms. The number of nitro groups is 1. The van der Waals surface area contributed by atoms with E-state index in [9.17, 15) is 37.3 Å². The van der Waals surface area contributed by atoms with E-state index in [0.29, 0.717) is 0 Å². The van der Waals surface area contributed by atoms with Crippen molar-refractivity contribution in [3.8, 4) is 22.7 Å². The molecule has 0 aliphatic rings. The van der Waals surface area contributed by atoms with Crippen molar-refractivity contribution in [2.24, 2.45) is 0 Å². The Morgan fingerprint density at radius 1 is 1.12 bits per heavy atom. The average molecular weight is 558 g/mol. The summed E-state index contributed by atoms with van der Waals surface area (Å²) in [6, 6.07) is 9.33. The molecule has 14 heteroatoms. The Bertz CT molecular complexity index is 1670. The van der Waals surface area contributed by atoms with Gasteiger partial charge in [0, 0.05) is 48.6 Å². The molecule has 40 heavy (non-hydrogen) atoms. The third-order valence-electron chi connectivity index (χ3n) is 5.72. The zero-order chi connectivity index (χ0) is 29.1. The summed E-state index contributed by atoms with van der Waals surface area (Å²) in [6.07, 6.45) is 1.57. The van der Waals surface area contributed by atoms with Crippen LogP contribution < -0.4 is 16.0 Å². The van der Waals surface area contributed by atoms with Gasteiger partial charge in [0.1, 0.15) is 11.6 Å². The van der Waals surface area contributed by atoms with E-state index in [1.807, 2.05) is 4.98 Å². The number of nitrogens with one attached hydrogen (secondary N) is 1. The summed E-state index contributed by atoms with van der Waals surface area (Å²) in [7, 11) is 3.26. The number of ether oxygens (including phenoxy) is 1. The minimum absolute atomic E-state index is 0.00544. The van der Waals surface area contributed by atoms with Gasteiger partial charge in [0.2, 0.25) is 5.88 Å². The summed E-state index contributed by atoms with van der Waals surface area (Å²) in [5.74, 6) is -2.29. The SMILES string of the molecule is CN(C)Cc1[c]c(Cc2c(F)cccc2F)c(-n2ccc(=O)[nH]c2=O)c(-c2ccc(OC(F)F)nc2)c1[N+](=O)[O-]. The number of aromatic nitrogens is 3. The first-order chi connectivity index (χ1) is 19.0. The van der Waals surface area contributed by atoms with Crippen LogP contribution in [0.25, 0.3) is 16.8 Å². The molecule has 4 aromatic rings. The minimum atomic E-state index is -3.18.